The van der Waals surface area contributed by atoms with Crippen LogP contribution in [0.15, 0.2) is 36.5 Å². The molecule has 0 bridgehead atoms. The van der Waals surface area contributed by atoms with Gasteiger partial charge in [-0.05, 0) is 56.9 Å². The van der Waals surface area contributed by atoms with Crippen molar-refractivity contribution in [3.05, 3.63) is 59.3 Å². The van der Waals surface area contributed by atoms with Gasteiger partial charge in [0.25, 0.3) is 0 Å². The number of anilines is 1. The third-order valence-electron chi connectivity index (χ3n) is 6.74. The van der Waals surface area contributed by atoms with Crippen LogP contribution in [-0.4, -0.2) is 37.3 Å². The highest BCUT2D eigenvalue weighted by atomic mass is 19.1. The Morgan fingerprint density at radius 3 is 2.65 bits per heavy atom. The van der Waals surface area contributed by atoms with Gasteiger partial charge in [0.2, 0.25) is 5.91 Å². The molecule has 2 aromatic carbocycles. The first-order valence-electron chi connectivity index (χ1n) is 11.8. The van der Waals surface area contributed by atoms with Crippen molar-refractivity contribution in [3.63, 3.8) is 0 Å². The van der Waals surface area contributed by atoms with Crippen molar-refractivity contribution >= 4 is 23.4 Å². The summed E-state index contributed by atoms with van der Waals surface area (Å²) in [5.74, 6) is -1.03. The molecular formula is C26H28F2N4O2. The van der Waals surface area contributed by atoms with Crippen LogP contribution in [0.5, 0.6) is 11.5 Å². The fraction of sp³-hybridized carbons (Fsp3) is 0.385. The topological polar surface area (TPSA) is 77.5 Å². The summed E-state index contributed by atoms with van der Waals surface area (Å²) >= 11 is 0. The SMILES string of the molecule is CC1CCc2c(ccc(/C(C=N)=C/NC3CNC3)c2Oc2ccc(F)cc2F)N1C(=O)C1CC1. The normalized spacial score (nSPS) is 20.4. The molecule has 6 nitrogen and oxygen atoms in total. The maximum Gasteiger partial charge on any atom is 0.230 e. The zero-order chi connectivity index (χ0) is 23.8. The van der Waals surface area contributed by atoms with Crippen molar-refractivity contribution in [1.82, 2.24) is 10.6 Å². The molecule has 178 valence electrons. The van der Waals surface area contributed by atoms with Gasteiger partial charge >= 0.3 is 0 Å². The summed E-state index contributed by atoms with van der Waals surface area (Å²) in [6.07, 6.45) is 6.19. The van der Waals surface area contributed by atoms with E-state index in [9.17, 15) is 13.6 Å². The summed E-state index contributed by atoms with van der Waals surface area (Å²) in [4.78, 5) is 15.0. The molecule has 1 saturated carbocycles. The molecular weight excluding hydrogens is 438 g/mol. The third kappa shape index (κ3) is 4.30. The molecule has 8 heteroatoms. The Balaban J connectivity index is 1.61. The largest absolute Gasteiger partial charge is 0.453 e. The minimum absolute atomic E-state index is 0.0485. The number of hydrogen-bond donors (Lipinski definition) is 3. The van der Waals surface area contributed by atoms with Gasteiger partial charge in [-0.2, -0.15) is 0 Å². The molecule has 2 heterocycles. The van der Waals surface area contributed by atoms with Gasteiger partial charge in [-0.15, -0.1) is 0 Å². The number of nitrogens with one attached hydrogen (secondary N) is 3. The molecule has 3 N–H and O–H groups in total. The fourth-order valence-corrected chi connectivity index (χ4v) is 4.49. The molecule has 34 heavy (non-hydrogen) atoms. The van der Waals surface area contributed by atoms with Crippen molar-refractivity contribution in [2.24, 2.45) is 5.92 Å². The van der Waals surface area contributed by atoms with Crippen LogP contribution < -0.4 is 20.3 Å². The minimum atomic E-state index is -0.808. The molecule has 2 aromatic rings. The lowest BCUT2D eigenvalue weighted by Crippen LogP contribution is -2.53. The van der Waals surface area contributed by atoms with Crippen LogP contribution in [-0.2, 0) is 11.2 Å². The Kier molecular flexibility index (Phi) is 6.08. The Labute approximate surface area is 197 Å². The van der Waals surface area contributed by atoms with Crippen LogP contribution in [0, 0.1) is 23.0 Å². The second-order valence-electron chi connectivity index (χ2n) is 9.25. The van der Waals surface area contributed by atoms with Gasteiger partial charge in [0.1, 0.15) is 11.6 Å². The lowest BCUT2D eigenvalue weighted by atomic mass is 9.91. The molecule has 1 unspecified atom stereocenters. The highest BCUT2D eigenvalue weighted by Gasteiger charge is 2.39. The molecule has 1 saturated heterocycles. The van der Waals surface area contributed by atoms with Gasteiger partial charge in [-0.3, -0.25) is 4.79 Å². The summed E-state index contributed by atoms with van der Waals surface area (Å²) in [5, 5.41) is 14.5. The molecule has 1 atom stereocenters. The summed E-state index contributed by atoms with van der Waals surface area (Å²) in [6, 6.07) is 7.24. The number of nitrogens with zero attached hydrogens (tertiary/aromatic N) is 1. The van der Waals surface area contributed by atoms with E-state index in [2.05, 4.69) is 10.6 Å². The van der Waals surface area contributed by atoms with E-state index in [1.54, 1.807) is 6.20 Å². The van der Waals surface area contributed by atoms with Gasteiger partial charge in [0.15, 0.2) is 11.6 Å². The molecule has 0 aromatic heterocycles. The molecule has 3 aliphatic rings. The van der Waals surface area contributed by atoms with Crippen LogP contribution in [0.2, 0.25) is 0 Å². The predicted octanol–water partition coefficient (Wildman–Crippen LogP) is 4.39. The zero-order valence-electron chi connectivity index (χ0n) is 19.0. The molecule has 5 rings (SSSR count). The number of amides is 1. The number of carbonyl (C=O) groups excluding carboxylic acids is 1. The number of carbonyl (C=O) groups is 1. The summed E-state index contributed by atoms with van der Waals surface area (Å²) in [7, 11) is 0. The van der Waals surface area contributed by atoms with E-state index >= 15 is 0 Å². The number of rotatable bonds is 7. The second kappa shape index (κ2) is 9.18. The monoisotopic (exact) mass is 466 g/mol. The first-order chi connectivity index (χ1) is 16.5. The number of hydrogen-bond acceptors (Lipinski definition) is 5. The van der Waals surface area contributed by atoms with E-state index in [0.29, 0.717) is 23.3 Å². The number of benzene rings is 2. The third-order valence-corrected chi connectivity index (χ3v) is 6.74. The summed E-state index contributed by atoms with van der Waals surface area (Å²) in [5.41, 5.74) is 2.75. The minimum Gasteiger partial charge on any atom is -0.453 e. The van der Waals surface area contributed by atoms with Gasteiger partial charge in [-0.25, -0.2) is 8.78 Å². The smallest absolute Gasteiger partial charge is 0.230 e. The first kappa shape index (κ1) is 22.5. The van der Waals surface area contributed by atoms with Gasteiger partial charge in [0.05, 0.1) is 11.7 Å². The number of ether oxygens (including phenoxy) is 1. The predicted molar refractivity (Wildman–Crippen MR) is 127 cm³/mol. The molecule has 2 fully saturated rings. The quantitative estimate of drug-likeness (QED) is 0.529. The van der Waals surface area contributed by atoms with Crippen molar-refractivity contribution < 1.29 is 18.3 Å². The molecule has 1 amide bonds. The van der Waals surface area contributed by atoms with Crippen LogP contribution >= 0.6 is 0 Å². The number of fused-ring (bicyclic) bond motifs is 1. The van der Waals surface area contributed by atoms with E-state index in [0.717, 1.165) is 55.7 Å². The van der Waals surface area contributed by atoms with E-state index in [-0.39, 0.29) is 29.7 Å². The van der Waals surface area contributed by atoms with Crippen LogP contribution in [0.4, 0.5) is 14.5 Å². The molecule has 2 aliphatic heterocycles. The van der Waals surface area contributed by atoms with Crippen LogP contribution in [0.1, 0.15) is 37.3 Å². The fourth-order valence-electron chi connectivity index (χ4n) is 4.49. The van der Waals surface area contributed by atoms with E-state index in [1.807, 2.05) is 24.0 Å². The highest BCUT2D eigenvalue weighted by Crippen LogP contribution is 2.45. The lowest BCUT2D eigenvalue weighted by molar-refractivity contribution is -0.120. The number of halogens is 2. The molecule has 0 spiro atoms. The van der Waals surface area contributed by atoms with E-state index in [4.69, 9.17) is 10.1 Å². The van der Waals surface area contributed by atoms with Crippen molar-refractivity contribution in [3.8, 4) is 11.5 Å². The Morgan fingerprint density at radius 2 is 2.00 bits per heavy atom. The average Bonchev–Trinajstić information content (AvgIpc) is 3.63. The van der Waals surface area contributed by atoms with Crippen LogP contribution in [0.25, 0.3) is 5.57 Å². The Morgan fingerprint density at radius 1 is 1.21 bits per heavy atom. The Bertz CT molecular complexity index is 1160. The van der Waals surface area contributed by atoms with Crippen molar-refractivity contribution in [2.45, 2.75) is 44.7 Å². The van der Waals surface area contributed by atoms with Crippen LogP contribution in [0.3, 0.4) is 0 Å². The lowest BCUT2D eigenvalue weighted by Gasteiger charge is -2.37. The van der Waals surface area contributed by atoms with E-state index in [1.165, 1.54) is 12.3 Å². The van der Waals surface area contributed by atoms with E-state index < -0.39 is 11.6 Å². The second-order valence-corrected chi connectivity index (χ2v) is 9.25. The highest BCUT2D eigenvalue weighted by molar-refractivity contribution is 6.10. The standard InChI is InChI=1S/C26H28F2N4O2/c1-15-2-6-21-23(32(15)26(33)16-3-4-16)8-7-20(17(11-29)12-31-19-13-30-14-19)25(21)34-24-9-5-18(27)10-22(24)28/h5,7-12,15-16,19,29-31H,2-4,6,13-14H2,1H3/b17-12+,29-11?. The van der Waals surface area contributed by atoms with Crippen molar-refractivity contribution in [1.29, 1.82) is 5.41 Å². The summed E-state index contributed by atoms with van der Waals surface area (Å²) in [6.45, 7) is 3.72. The van der Waals surface area contributed by atoms with Gasteiger partial charge < -0.3 is 25.7 Å². The number of allylic oxidation sites excluding steroid dienone is 1. The van der Waals surface area contributed by atoms with Gasteiger partial charge in [-0.1, -0.05) is 0 Å². The maximum absolute atomic E-state index is 14.6. The van der Waals surface area contributed by atoms with Gasteiger partial charge in [0, 0.05) is 60.2 Å². The summed E-state index contributed by atoms with van der Waals surface area (Å²) < 4.78 is 34.2. The van der Waals surface area contributed by atoms with Crippen molar-refractivity contribution in [2.75, 3.05) is 18.0 Å². The average molecular weight is 467 g/mol. The molecule has 0 radical (unpaired) electrons. The zero-order valence-corrected chi connectivity index (χ0v) is 19.0. The first-order valence-corrected chi connectivity index (χ1v) is 11.8. The maximum atomic E-state index is 14.6. The molecule has 1 aliphatic carbocycles. The Hall–Kier alpha value is -3.26.